The van der Waals surface area contributed by atoms with Crippen LogP contribution in [0.4, 0.5) is 0 Å². The molecule has 0 aliphatic carbocycles. The summed E-state index contributed by atoms with van der Waals surface area (Å²) in [5, 5.41) is 18.1. The quantitative estimate of drug-likeness (QED) is 0.138. The summed E-state index contributed by atoms with van der Waals surface area (Å²) >= 11 is 0. The Morgan fingerprint density at radius 1 is 0.508 bits per heavy atom. The van der Waals surface area contributed by atoms with E-state index in [1.54, 1.807) is 0 Å². The van der Waals surface area contributed by atoms with Crippen LogP contribution in [-0.2, 0) is 37.3 Å². The Balaban J connectivity index is 0.00000533. The minimum absolute atomic E-state index is 0. The van der Waals surface area contributed by atoms with Crippen molar-refractivity contribution in [2.45, 2.75) is 78.6 Å². The molecule has 0 aliphatic heterocycles. The Hall–Kier alpha value is -6.42. The van der Waals surface area contributed by atoms with Gasteiger partial charge in [-0.05, 0) is 79.4 Å². The first-order valence-corrected chi connectivity index (χ1v) is 22.2. The van der Waals surface area contributed by atoms with Gasteiger partial charge >= 0.3 is 0 Å². The van der Waals surface area contributed by atoms with Crippen LogP contribution in [0.25, 0.3) is 94.1 Å². The smallest absolute Gasteiger partial charge is 0.148 e. The summed E-state index contributed by atoms with van der Waals surface area (Å²) in [7, 11) is 0. The van der Waals surface area contributed by atoms with Crippen molar-refractivity contribution in [3.63, 3.8) is 0 Å². The summed E-state index contributed by atoms with van der Waals surface area (Å²) < 4.78 is 2.26. The predicted molar refractivity (Wildman–Crippen MR) is 268 cm³/mol. The zero-order chi connectivity index (χ0) is 44.7. The average Bonchev–Trinajstić information content (AvgIpc) is 3.67. The molecule has 1 N–H and O–H groups in total. The summed E-state index contributed by atoms with van der Waals surface area (Å²) in [4.78, 5) is 15.7. The first kappa shape index (κ1) is 43.8. The number of aromatic nitrogens is 4. The van der Waals surface area contributed by atoms with Crippen LogP contribution in [0.5, 0.6) is 5.75 Å². The zero-order valence-corrected chi connectivity index (χ0v) is 40.8. The summed E-state index contributed by atoms with van der Waals surface area (Å²) in [6.07, 6.45) is 3.77. The monoisotopic (exact) mass is 1030 g/mol. The number of benzene rings is 7. The number of imidazole rings is 1. The number of para-hydroxylation sites is 1. The Morgan fingerprint density at radius 3 is 1.88 bits per heavy atom. The van der Waals surface area contributed by atoms with Gasteiger partial charge in [0.15, 0.2) is 0 Å². The number of phenols is 1. The van der Waals surface area contributed by atoms with Gasteiger partial charge in [0, 0.05) is 55.5 Å². The third kappa shape index (κ3) is 7.74. The van der Waals surface area contributed by atoms with Crippen LogP contribution in [0.2, 0.25) is 0 Å². The third-order valence-corrected chi connectivity index (χ3v) is 12.7. The number of rotatable bonds is 5. The summed E-state index contributed by atoms with van der Waals surface area (Å²) in [5.74, 6) is 0.894. The van der Waals surface area contributed by atoms with Crippen LogP contribution in [0.15, 0.2) is 152 Å². The molecule has 10 rings (SSSR count). The van der Waals surface area contributed by atoms with E-state index in [1.807, 2.05) is 24.5 Å². The number of nitrogens with zero attached hydrogens (tertiary/aromatic N) is 4. The second-order valence-electron chi connectivity index (χ2n) is 20.3. The molecule has 5 nitrogen and oxygen atoms in total. The standard InChI is InChI=1S/C59H53N4O.Pt/c1-57(2,3)40-31-38(30-39(32-40)49-33-37(27-29-60-49)36-18-11-10-12-19-36)42-22-15-26-51-53(42)62-56(47-34-41(58(4,5)6)35-48(55(47)64)59(7,8)9)63(51)50-25-16-23-45-43-20-13-14-21-44(43)46-24-17-28-61-54(46)52(45)50;/h10-29,31-35,64H,1-9H3;/q-1;. The van der Waals surface area contributed by atoms with E-state index in [4.69, 9.17) is 15.0 Å². The molecule has 3 heterocycles. The van der Waals surface area contributed by atoms with E-state index in [-0.39, 0.29) is 43.1 Å². The van der Waals surface area contributed by atoms with Gasteiger partial charge in [0.25, 0.3) is 0 Å². The fraction of sp³-hybridized carbons (Fsp3) is 0.203. The van der Waals surface area contributed by atoms with Crippen molar-refractivity contribution in [3.8, 4) is 56.3 Å². The predicted octanol–water partition coefficient (Wildman–Crippen LogP) is 15.3. The first-order valence-electron chi connectivity index (χ1n) is 22.2. The molecule has 0 radical (unpaired) electrons. The van der Waals surface area contributed by atoms with Gasteiger partial charge in [0.1, 0.15) is 11.6 Å². The van der Waals surface area contributed by atoms with Crippen molar-refractivity contribution >= 4 is 43.5 Å². The van der Waals surface area contributed by atoms with E-state index in [2.05, 4.69) is 200 Å². The normalized spacial score (nSPS) is 12.3. The van der Waals surface area contributed by atoms with E-state index in [9.17, 15) is 5.11 Å². The minimum atomic E-state index is -0.342. The van der Waals surface area contributed by atoms with Gasteiger partial charge < -0.3 is 5.11 Å². The maximum atomic E-state index is 12.6. The van der Waals surface area contributed by atoms with Gasteiger partial charge in [-0.3, -0.25) is 14.5 Å². The van der Waals surface area contributed by atoms with Crippen LogP contribution < -0.4 is 0 Å². The molecule has 6 heteroatoms. The van der Waals surface area contributed by atoms with Crippen molar-refractivity contribution in [2.75, 3.05) is 0 Å². The van der Waals surface area contributed by atoms with E-state index >= 15 is 0 Å². The summed E-state index contributed by atoms with van der Waals surface area (Å²) in [6.45, 7) is 19.9. The number of phenolic OH excluding ortho intramolecular Hbond substituents is 1. The topological polar surface area (TPSA) is 63.8 Å². The van der Waals surface area contributed by atoms with Crippen LogP contribution in [-0.4, -0.2) is 24.6 Å². The first-order chi connectivity index (χ1) is 30.6. The molecule has 0 saturated heterocycles. The fourth-order valence-electron chi connectivity index (χ4n) is 9.20. The van der Waals surface area contributed by atoms with Crippen LogP contribution in [0, 0.1) is 6.07 Å². The maximum Gasteiger partial charge on any atom is 0.148 e. The van der Waals surface area contributed by atoms with Gasteiger partial charge in [-0.1, -0.05) is 171 Å². The van der Waals surface area contributed by atoms with E-state index in [0.29, 0.717) is 11.4 Å². The molecular weight excluding hydrogens is 976 g/mol. The van der Waals surface area contributed by atoms with E-state index in [1.165, 1.54) is 5.56 Å². The number of hydrogen-bond acceptors (Lipinski definition) is 4. The Bertz CT molecular complexity index is 3410. The molecule has 0 unspecified atom stereocenters. The van der Waals surface area contributed by atoms with E-state index < -0.39 is 0 Å². The molecule has 7 aromatic carbocycles. The van der Waals surface area contributed by atoms with Crippen molar-refractivity contribution in [1.82, 2.24) is 19.5 Å². The molecule has 0 spiro atoms. The van der Waals surface area contributed by atoms with Crippen LogP contribution >= 0.6 is 0 Å². The molecule has 326 valence electrons. The number of fused-ring (bicyclic) bond motifs is 7. The SMILES string of the molecule is CC(C)(C)c1cc(-c2cc(-c3ccccc3)ccn2)[c-]c(-c2cccc3c2nc(-c2cc(C(C)(C)C)cc(C(C)(C)C)c2O)n3-c2cccc3c4ccccc4c4cccnc4c23)c1.[Pt]. The number of aromatic hydroxyl groups is 1. The van der Waals surface area contributed by atoms with Gasteiger partial charge in [-0.2, -0.15) is 0 Å². The summed E-state index contributed by atoms with van der Waals surface area (Å²) in [6, 6.07) is 53.0. The molecule has 0 atom stereocenters. The Morgan fingerprint density at radius 2 is 1.15 bits per heavy atom. The molecule has 65 heavy (non-hydrogen) atoms. The number of hydrogen-bond donors (Lipinski definition) is 1. The van der Waals surface area contributed by atoms with Crippen molar-refractivity contribution in [1.29, 1.82) is 0 Å². The van der Waals surface area contributed by atoms with Crippen LogP contribution in [0.1, 0.15) is 79.0 Å². The molecule has 0 saturated carbocycles. The van der Waals surface area contributed by atoms with Crippen molar-refractivity contribution in [2.24, 2.45) is 0 Å². The molecule has 10 aromatic rings. The second kappa shape index (κ2) is 16.2. The Kier molecular flexibility index (Phi) is 10.9. The Labute approximate surface area is 396 Å². The van der Waals surface area contributed by atoms with Gasteiger partial charge in [-0.15, -0.1) is 29.3 Å². The molecule has 0 aliphatic rings. The number of pyridine rings is 2. The molecule has 0 bridgehead atoms. The average molecular weight is 1030 g/mol. The minimum Gasteiger partial charge on any atom is -0.507 e. The third-order valence-electron chi connectivity index (χ3n) is 12.7. The molecule has 0 fully saturated rings. The molecule has 0 amide bonds. The van der Waals surface area contributed by atoms with Gasteiger partial charge in [0.05, 0.1) is 27.8 Å². The molecule has 3 aromatic heterocycles. The zero-order valence-electron chi connectivity index (χ0n) is 38.5. The van der Waals surface area contributed by atoms with Crippen molar-refractivity contribution in [3.05, 3.63) is 175 Å². The van der Waals surface area contributed by atoms with Crippen molar-refractivity contribution < 1.29 is 26.2 Å². The summed E-state index contributed by atoms with van der Waals surface area (Å²) in [5.41, 5.74) is 12.6. The van der Waals surface area contributed by atoms with Gasteiger partial charge in [-0.25, -0.2) is 4.98 Å². The maximum absolute atomic E-state index is 12.6. The second-order valence-corrected chi connectivity index (χ2v) is 20.3. The van der Waals surface area contributed by atoms with Crippen LogP contribution in [0.3, 0.4) is 0 Å². The van der Waals surface area contributed by atoms with Gasteiger partial charge in [0.2, 0.25) is 0 Å². The molecular formula is C59H53N4OPt-. The fourth-order valence-corrected chi connectivity index (χ4v) is 9.20. The van der Waals surface area contributed by atoms with E-state index in [0.717, 1.165) is 93.8 Å². The largest absolute Gasteiger partial charge is 0.507 e.